The molecule has 22 heavy (non-hydrogen) atoms. The summed E-state index contributed by atoms with van der Waals surface area (Å²) in [5.74, 6) is -0.637. The Bertz CT molecular complexity index is 742. The van der Waals surface area contributed by atoms with Crippen LogP contribution in [0.3, 0.4) is 0 Å². The van der Waals surface area contributed by atoms with Gasteiger partial charge in [0, 0.05) is 24.3 Å². The fourth-order valence-electron chi connectivity index (χ4n) is 3.23. The Morgan fingerprint density at radius 1 is 1.59 bits per heavy atom. The van der Waals surface area contributed by atoms with Crippen LogP contribution in [0.5, 0.6) is 0 Å². The predicted molar refractivity (Wildman–Crippen MR) is 86.5 cm³/mol. The average Bonchev–Trinajstić information content (AvgIpc) is 2.87. The molecule has 3 N–H and O–H groups in total. The van der Waals surface area contributed by atoms with E-state index in [0.717, 1.165) is 42.5 Å². The van der Waals surface area contributed by atoms with E-state index in [1.165, 1.54) is 6.07 Å². The zero-order valence-corrected chi connectivity index (χ0v) is 13.9. The normalized spacial score (nSPS) is 17.7. The summed E-state index contributed by atoms with van der Waals surface area (Å²) in [5.41, 5.74) is 8.35. The van der Waals surface area contributed by atoms with Gasteiger partial charge in [-0.15, -0.1) is 0 Å². The van der Waals surface area contributed by atoms with Gasteiger partial charge in [-0.05, 0) is 59.7 Å². The number of rotatable bonds is 4. The number of aryl methyl sites for hydroxylation is 1. The third-order valence-electron chi connectivity index (χ3n) is 4.28. The van der Waals surface area contributed by atoms with Crippen LogP contribution < -0.4 is 5.73 Å². The van der Waals surface area contributed by atoms with E-state index in [0.29, 0.717) is 22.5 Å². The number of hydrogen-bond acceptors (Lipinski definition) is 2. The Labute approximate surface area is 136 Å². The monoisotopic (exact) mass is 368 g/mol. The van der Waals surface area contributed by atoms with Gasteiger partial charge in [-0.3, -0.25) is 4.79 Å². The van der Waals surface area contributed by atoms with E-state index in [-0.39, 0.29) is 5.56 Å². The van der Waals surface area contributed by atoms with Crippen LogP contribution in [-0.2, 0) is 17.6 Å². The molecule has 1 aromatic carbocycles. The Hall–Kier alpha value is -1.40. The number of primary amides is 1. The molecule has 0 saturated carbocycles. The van der Waals surface area contributed by atoms with Crippen LogP contribution in [0.4, 0.5) is 4.39 Å². The molecule has 0 radical (unpaired) electrons. The molecule has 0 fully saturated rings. The fourth-order valence-corrected chi connectivity index (χ4v) is 3.78. The molecule has 1 amide bonds. The maximum absolute atomic E-state index is 14.1. The van der Waals surface area contributed by atoms with Crippen LogP contribution in [0, 0.1) is 11.7 Å². The summed E-state index contributed by atoms with van der Waals surface area (Å²) in [7, 11) is 0. The summed E-state index contributed by atoms with van der Waals surface area (Å²) in [6.07, 6.45) is 2.68. The number of fused-ring (bicyclic) bond motifs is 3. The first-order chi connectivity index (χ1) is 10.5. The Balaban J connectivity index is 2.09. The zero-order chi connectivity index (χ0) is 15.9. The first-order valence-corrected chi connectivity index (χ1v) is 8.21. The Morgan fingerprint density at radius 3 is 3.05 bits per heavy atom. The summed E-state index contributed by atoms with van der Waals surface area (Å²) in [5, 5.41) is 0.749. The topological polar surface area (TPSA) is 68.1 Å². The van der Waals surface area contributed by atoms with Crippen LogP contribution in [0.25, 0.3) is 10.9 Å². The van der Waals surface area contributed by atoms with Gasteiger partial charge >= 0.3 is 0 Å². The smallest absolute Gasteiger partial charge is 0.250 e. The lowest BCUT2D eigenvalue weighted by Crippen LogP contribution is -2.18. The maximum atomic E-state index is 14.1. The van der Waals surface area contributed by atoms with Gasteiger partial charge in [-0.25, -0.2) is 4.39 Å². The molecule has 1 unspecified atom stereocenters. The van der Waals surface area contributed by atoms with Crippen molar-refractivity contribution in [1.82, 2.24) is 4.98 Å². The molecule has 0 saturated heterocycles. The van der Waals surface area contributed by atoms with E-state index in [1.54, 1.807) is 0 Å². The van der Waals surface area contributed by atoms with Crippen LogP contribution in [0.2, 0.25) is 0 Å². The third kappa shape index (κ3) is 2.54. The lowest BCUT2D eigenvalue weighted by molar-refractivity contribution is 0.100. The number of ether oxygens (including phenoxy) is 1. The number of halogens is 2. The summed E-state index contributed by atoms with van der Waals surface area (Å²) < 4.78 is 20.0. The minimum Gasteiger partial charge on any atom is -0.381 e. The molecule has 1 atom stereocenters. The molecule has 4 nitrogen and oxygen atoms in total. The van der Waals surface area contributed by atoms with Gasteiger partial charge in [0.25, 0.3) is 5.91 Å². The highest BCUT2D eigenvalue weighted by molar-refractivity contribution is 9.10. The minimum atomic E-state index is -0.624. The van der Waals surface area contributed by atoms with Gasteiger partial charge in [0.2, 0.25) is 0 Å². The number of amides is 1. The van der Waals surface area contributed by atoms with Crippen LogP contribution >= 0.6 is 15.9 Å². The van der Waals surface area contributed by atoms with E-state index >= 15 is 0 Å². The van der Waals surface area contributed by atoms with Crippen molar-refractivity contribution in [3.8, 4) is 0 Å². The van der Waals surface area contributed by atoms with Crippen LogP contribution in [0.15, 0.2) is 10.5 Å². The molecule has 0 spiro atoms. The number of H-pyrrole nitrogens is 1. The van der Waals surface area contributed by atoms with Gasteiger partial charge in [0.15, 0.2) is 0 Å². The van der Waals surface area contributed by atoms with Gasteiger partial charge in [-0.2, -0.15) is 0 Å². The highest BCUT2D eigenvalue weighted by Crippen LogP contribution is 2.38. The van der Waals surface area contributed by atoms with Gasteiger partial charge in [0.1, 0.15) is 5.82 Å². The van der Waals surface area contributed by atoms with Crippen molar-refractivity contribution in [1.29, 1.82) is 0 Å². The number of nitrogens with one attached hydrogen (secondary N) is 1. The van der Waals surface area contributed by atoms with E-state index in [4.69, 9.17) is 10.5 Å². The van der Waals surface area contributed by atoms with Crippen LogP contribution in [-0.4, -0.2) is 24.1 Å². The maximum Gasteiger partial charge on any atom is 0.250 e. The van der Waals surface area contributed by atoms with Crippen molar-refractivity contribution in [2.24, 2.45) is 11.7 Å². The molecule has 3 rings (SSSR count). The number of aromatic amines is 1. The molecular weight excluding hydrogens is 351 g/mol. The predicted octanol–water partition coefficient (Wildman–Crippen LogP) is 3.31. The van der Waals surface area contributed by atoms with Crippen molar-refractivity contribution >= 4 is 32.7 Å². The number of benzene rings is 1. The Kier molecular flexibility index (Phi) is 4.23. The van der Waals surface area contributed by atoms with E-state index in [1.807, 2.05) is 6.92 Å². The van der Waals surface area contributed by atoms with Crippen molar-refractivity contribution in [3.05, 3.63) is 33.2 Å². The summed E-state index contributed by atoms with van der Waals surface area (Å²) >= 11 is 3.31. The molecule has 6 heteroatoms. The standard InChI is InChI=1S/C16H18BrFN2O2/c1-2-22-7-8-3-4-9-12(5-8)20-15-10(16(19)21)6-11(18)14(17)13(9)15/h6,8,20H,2-5,7H2,1H3,(H2,19,21). The van der Waals surface area contributed by atoms with Crippen molar-refractivity contribution in [2.45, 2.75) is 26.2 Å². The average molecular weight is 369 g/mol. The third-order valence-corrected chi connectivity index (χ3v) is 5.06. The fraction of sp³-hybridized carbons (Fsp3) is 0.438. The zero-order valence-electron chi connectivity index (χ0n) is 12.3. The number of aromatic nitrogens is 1. The van der Waals surface area contributed by atoms with Crippen molar-refractivity contribution in [2.75, 3.05) is 13.2 Å². The van der Waals surface area contributed by atoms with E-state index in [2.05, 4.69) is 20.9 Å². The molecular formula is C16H18BrFN2O2. The van der Waals surface area contributed by atoms with Gasteiger partial charge in [0.05, 0.1) is 15.6 Å². The molecule has 1 aliphatic rings. The number of carbonyl (C=O) groups is 1. The molecule has 1 heterocycles. The second-order valence-corrected chi connectivity index (χ2v) is 6.48. The first kappa shape index (κ1) is 15.5. The molecule has 1 aliphatic carbocycles. The SMILES string of the molecule is CCOCC1CCc2c([nH]c3c(C(N)=O)cc(F)c(Br)c23)C1. The van der Waals surface area contributed by atoms with E-state index in [9.17, 15) is 9.18 Å². The molecule has 1 aromatic heterocycles. The van der Waals surface area contributed by atoms with Crippen molar-refractivity contribution < 1.29 is 13.9 Å². The van der Waals surface area contributed by atoms with Gasteiger partial charge < -0.3 is 15.5 Å². The molecule has 0 aliphatic heterocycles. The van der Waals surface area contributed by atoms with Crippen molar-refractivity contribution in [3.63, 3.8) is 0 Å². The summed E-state index contributed by atoms with van der Waals surface area (Å²) in [6.45, 7) is 3.42. The molecule has 118 valence electrons. The second-order valence-electron chi connectivity index (χ2n) is 5.68. The lowest BCUT2D eigenvalue weighted by Gasteiger charge is -2.22. The molecule has 0 bridgehead atoms. The second kappa shape index (κ2) is 6.01. The first-order valence-electron chi connectivity index (χ1n) is 7.41. The molecule has 2 aromatic rings. The van der Waals surface area contributed by atoms with E-state index < -0.39 is 11.7 Å². The summed E-state index contributed by atoms with van der Waals surface area (Å²) in [4.78, 5) is 14.9. The van der Waals surface area contributed by atoms with Gasteiger partial charge in [-0.1, -0.05) is 0 Å². The quantitative estimate of drug-likeness (QED) is 0.868. The highest BCUT2D eigenvalue weighted by Gasteiger charge is 2.26. The summed E-state index contributed by atoms with van der Waals surface area (Å²) in [6, 6.07) is 1.19. The number of carbonyl (C=O) groups excluding carboxylic acids is 1. The lowest BCUT2D eigenvalue weighted by atomic mass is 9.87. The number of nitrogens with two attached hydrogens (primary N) is 1. The Morgan fingerprint density at radius 2 is 2.36 bits per heavy atom. The highest BCUT2D eigenvalue weighted by atomic mass is 79.9. The minimum absolute atomic E-state index is 0.200. The van der Waals surface area contributed by atoms with Crippen LogP contribution in [0.1, 0.15) is 35.0 Å². The number of hydrogen-bond donors (Lipinski definition) is 2. The largest absolute Gasteiger partial charge is 0.381 e.